The molecule has 0 aliphatic carbocycles. The minimum absolute atomic E-state index is 0.0819. The molecule has 6 heteroatoms. The highest BCUT2D eigenvalue weighted by molar-refractivity contribution is 7.91. The molecule has 1 heterocycles. The SMILES string of the molecule is COCCONC1CCS(=O)(=O)c2ccccc21. The Morgan fingerprint density at radius 3 is 2.89 bits per heavy atom. The largest absolute Gasteiger partial charge is 0.382 e. The number of sulfone groups is 1. The second-order valence-electron chi connectivity index (χ2n) is 4.16. The van der Waals surface area contributed by atoms with E-state index >= 15 is 0 Å². The maximum atomic E-state index is 11.9. The summed E-state index contributed by atoms with van der Waals surface area (Å²) in [4.78, 5) is 5.68. The zero-order valence-corrected chi connectivity index (χ0v) is 11.1. The Labute approximate surface area is 107 Å². The number of hydrogen-bond donors (Lipinski definition) is 1. The van der Waals surface area contributed by atoms with E-state index in [1.165, 1.54) is 0 Å². The molecule has 0 aromatic heterocycles. The van der Waals surface area contributed by atoms with E-state index < -0.39 is 9.84 Å². The molecule has 2 rings (SSSR count). The van der Waals surface area contributed by atoms with Crippen LogP contribution in [0.15, 0.2) is 29.2 Å². The van der Waals surface area contributed by atoms with Crippen molar-refractivity contribution in [2.75, 3.05) is 26.1 Å². The van der Waals surface area contributed by atoms with E-state index in [4.69, 9.17) is 9.57 Å². The van der Waals surface area contributed by atoms with Crippen LogP contribution >= 0.6 is 0 Å². The lowest BCUT2D eigenvalue weighted by Crippen LogP contribution is -2.30. The average molecular weight is 271 g/mol. The van der Waals surface area contributed by atoms with Crippen LogP contribution in [0.3, 0.4) is 0 Å². The van der Waals surface area contributed by atoms with Crippen LogP contribution in [0.25, 0.3) is 0 Å². The summed E-state index contributed by atoms with van der Waals surface area (Å²) in [7, 11) is -1.53. The average Bonchev–Trinajstić information content (AvgIpc) is 2.37. The van der Waals surface area contributed by atoms with Gasteiger partial charge in [-0.25, -0.2) is 8.42 Å². The van der Waals surface area contributed by atoms with Crippen molar-refractivity contribution in [2.24, 2.45) is 0 Å². The molecule has 1 aliphatic rings. The van der Waals surface area contributed by atoms with Gasteiger partial charge in [0.05, 0.1) is 29.9 Å². The van der Waals surface area contributed by atoms with Gasteiger partial charge >= 0.3 is 0 Å². The lowest BCUT2D eigenvalue weighted by molar-refractivity contribution is -0.0138. The smallest absolute Gasteiger partial charge is 0.178 e. The van der Waals surface area contributed by atoms with Crippen LogP contribution in [0, 0.1) is 0 Å². The molecule has 100 valence electrons. The van der Waals surface area contributed by atoms with Crippen LogP contribution in [0.1, 0.15) is 18.0 Å². The minimum Gasteiger partial charge on any atom is -0.382 e. The molecule has 0 spiro atoms. The number of benzene rings is 1. The van der Waals surface area contributed by atoms with E-state index in [9.17, 15) is 8.42 Å². The van der Waals surface area contributed by atoms with Gasteiger partial charge in [0, 0.05) is 7.11 Å². The number of hydroxylamine groups is 1. The summed E-state index contributed by atoms with van der Waals surface area (Å²) in [5.74, 6) is 0.148. The Morgan fingerprint density at radius 1 is 1.33 bits per heavy atom. The van der Waals surface area contributed by atoms with Crippen molar-refractivity contribution in [1.29, 1.82) is 0 Å². The van der Waals surface area contributed by atoms with Crippen molar-refractivity contribution in [1.82, 2.24) is 5.48 Å². The molecule has 0 saturated carbocycles. The highest BCUT2D eigenvalue weighted by Gasteiger charge is 2.29. The van der Waals surface area contributed by atoms with Crippen LogP contribution in [0.2, 0.25) is 0 Å². The number of hydrogen-bond acceptors (Lipinski definition) is 5. The van der Waals surface area contributed by atoms with Crippen LogP contribution in [-0.4, -0.2) is 34.5 Å². The van der Waals surface area contributed by atoms with E-state index in [1.807, 2.05) is 12.1 Å². The fraction of sp³-hybridized carbons (Fsp3) is 0.500. The minimum atomic E-state index is -3.13. The summed E-state index contributed by atoms with van der Waals surface area (Å²) in [5, 5.41) is 0. The molecule has 1 aromatic rings. The lowest BCUT2D eigenvalue weighted by Gasteiger charge is -2.25. The van der Waals surface area contributed by atoms with Crippen molar-refractivity contribution in [3.8, 4) is 0 Å². The van der Waals surface area contributed by atoms with Gasteiger partial charge in [0.1, 0.15) is 0 Å². The molecule has 1 N–H and O–H groups in total. The van der Waals surface area contributed by atoms with E-state index in [1.54, 1.807) is 19.2 Å². The lowest BCUT2D eigenvalue weighted by atomic mass is 10.1. The number of fused-ring (bicyclic) bond motifs is 1. The van der Waals surface area contributed by atoms with Gasteiger partial charge in [0.2, 0.25) is 0 Å². The van der Waals surface area contributed by atoms with Gasteiger partial charge in [-0.15, -0.1) is 0 Å². The summed E-state index contributed by atoms with van der Waals surface area (Å²) in [6, 6.07) is 6.96. The molecule has 1 unspecified atom stereocenters. The van der Waals surface area contributed by atoms with Crippen molar-refractivity contribution in [3.63, 3.8) is 0 Å². The molecule has 0 bridgehead atoms. The van der Waals surface area contributed by atoms with Gasteiger partial charge in [-0.3, -0.25) is 4.84 Å². The first-order valence-electron chi connectivity index (χ1n) is 5.83. The third-order valence-corrected chi connectivity index (χ3v) is 4.73. The first-order valence-corrected chi connectivity index (χ1v) is 7.48. The maximum absolute atomic E-state index is 11.9. The van der Waals surface area contributed by atoms with Gasteiger partial charge in [-0.2, -0.15) is 5.48 Å². The molecule has 1 aromatic carbocycles. The zero-order chi connectivity index (χ0) is 13.0. The molecule has 1 aliphatic heterocycles. The van der Waals surface area contributed by atoms with E-state index in [2.05, 4.69) is 5.48 Å². The normalized spacial score (nSPS) is 21.5. The molecule has 0 fully saturated rings. The molecule has 1 atom stereocenters. The van der Waals surface area contributed by atoms with Crippen LogP contribution < -0.4 is 5.48 Å². The van der Waals surface area contributed by atoms with Gasteiger partial charge in [0.15, 0.2) is 9.84 Å². The third-order valence-electron chi connectivity index (χ3n) is 2.92. The first kappa shape index (κ1) is 13.5. The molecule has 0 amide bonds. The van der Waals surface area contributed by atoms with Crippen molar-refractivity contribution < 1.29 is 18.0 Å². The van der Waals surface area contributed by atoms with Crippen LogP contribution in [0.4, 0.5) is 0 Å². The predicted molar refractivity (Wildman–Crippen MR) is 66.8 cm³/mol. The van der Waals surface area contributed by atoms with Crippen LogP contribution in [0.5, 0.6) is 0 Å². The Balaban J connectivity index is 2.11. The number of methoxy groups -OCH3 is 1. The molecule has 5 nitrogen and oxygen atoms in total. The summed E-state index contributed by atoms with van der Waals surface area (Å²) in [6.45, 7) is 0.932. The summed E-state index contributed by atoms with van der Waals surface area (Å²) >= 11 is 0. The highest BCUT2D eigenvalue weighted by Crippen LogP contribution is 2.31. The quantitative estimate of drug-likeness (QED) is 0.641. The second kappa shape index (κ2) is 5.79. The number of ether oxygens (including phenoxy) is 1. The third kappa shape index (κ3) is 2.89. The maximum Gasteiger partial charge on any atom is 0.178 e. The second-order valence-corrected chi connectivity index (χ2v) is 6.23. The van der Waals surface area contributed by atoms with Gasteiger partial charge in [0.25, 0.3) is 0 Å². The summed E-state index contributed by atoms with van der Waals surface area (Å²) < 4.78 is 28.7. The van der Waals surface area contributed by atoms with E-state index in [0.717, 1.165) is 5.56 Å². The Hall–Kier alpha value is -0.950. The molecular formula is C12H17NO4S. The number of nitrogens with one attached hydrogen (secondary N) is 1. The molecular weight excluding hydrogens is 254 g/mol. The number of rotatable bonds is 5. The monoisotopic (exact) mass is 271 g/mol. The van der Waals surface area contributed by atoms with Gasteiger partial charge < -0.3 is 4.74 Å². The van der Waals surface area contributed by atoms with Crippen molar-refractivity contribution >= 4 is 9.84 Å². The van der Waals surface area contributed by atoms with Crippen LogP contribution in [-0.2, 0) is 19.4 Å². The van der Waals surface area contributed by atoms with Gasteiger partial charge in [-0.05, 0) is 18.1 Å². The molecule has 0 saturated heterocycles. The summed E-state index contributed by atoms with van der Waals surface area (Å²) in [5.41, 5.74) is 3.68. The zero-order valence-electron chi connectivity index (χ0n) is 10.3. The Bertz CT molecular complexity index is 501. The topological polar surface area (TPSA) is 64.6 Å². The standard InChI is InChI=1S/C12H17NO4S/c1-16-7-8-17-13-11-6-9-18(14,15)12-5-3-2-4-10(11)12/h2-5,11,13H,6-9H2,1H3. The molecule has 18 heavy (non-hydrogen) atoms. The first-order chi connectivity index (χ1) is 8.65. The van der Waals surface area contributed by atoms with Gasteiger partial charge in [-0.1, -0.05) is 18.2 Å². The molecule has 0 radical (unpaired) electrons. The highest BCUT2D eigenvalue weighted by atomic mass is 32.2. The fourth-order valence-corrected chi connectivity index (χ4v) is 3.62. The van der Waals surface area contributed by atoms with E-state index in [-0.39, 0.29) is 11.8 Å². The Kier molecular flexibility index (Phi) is 4.34. The predicted octanol–water partition coefficient (Wildman–Crippen LogP) is 1.07. The Morgan fingerprint density at radius 2 is 2.11 bits per heavy atom. The fourth-order valence-electron chi connectivity index (χ4n) is 2.00. The van der Waals surface area contributed by atoms with Crippen molar-refractivity contribution in [3.05, 3.63) is 29.8 Å². The van der Waals surface area contributed by atoms with E-state index in [0.29, 0.717) is 24.5 Å². The summed E-state index contributed by atoms with van der Waals surface area (Å²) in [6.07, 6.45) is 0.520. The van der Waals surface area contributed by atoms with Crippen molar-refractivity contribution in [2.45, 2.75) is 17.4 Å².